The van der Waals surface area contributed by atoms with E-state index in [1.54, 1.807) is 12.1 Å². The van der Waals surface area contributed by atoms with Crippen LogP contribution < -0.4 is 5.73 Å². The Morgan fingerprint density at radius 2 is 2.25 bits per heavy atom. The number of para-hydroxylation sites is 1. The van der Waals surface area contributed by atoms with E-state index in [-0.39, 0.29) is 11.6 Å². The van der Waals surface area contributed by atoms with Crippen LogP contribution in [-0.4, -0.2) is 10.9 Å². The Kier molecular flexibility index (Phi) is 2.33. The first-order valence-electron chi connectivity index (χ1n) is 3.82. The van der Waals surface area contributed by atoms with Crippen molar-refractivity contribution in [2.45, 2.75) is 13.3 Å². The number of hydrogen-bond acceptors (Lipinski definition) is 2. The Morgan fingerprint density at radius 1 is 1.58 bits per heavy atom. The van der Waals surface area contributed by atoms with Crippen molar-refractivity contribution < 1.29 is 5.11 Å². The molecule has 0 radical (unpaired) electrons. The van der Waals surface area contributed by atoms with Crippen LogP contribution in [0, 0.1) is 5.41 Å². The summed E-state index contributed by atoms with van der Waals surface area (Å²) in [6.07, 6.45) is 0.743. The van der Waals surface area contributed by atoms with Crippen molar-refractivity contribution in [3.8, 4) is 5.75 Å². The normalized spacial score (nSPS) is 9.75. The fraction of sp³-hybridized carbons (Fsp3) is 0.222. The molecule has 0 bridgehead atoms. The van der Waals surface area contributed by atoms with Gasteiger partial charge in [0.05, 0.1) is 5.56 Å². The minimum Gasteiger partial charge on any atom is -0.507 e. The predicted octanol–water partition coefficient (Wildman–Crippen LogP) is 1.24. The largest absolute Gasteiger partial charge is 0.507 e. The first-order valence-corrected chi connectivity index (χ1v) is 3.82. The fourth-order valence-corrected chi connectivity index (χ4v) is 1.09. The SMILES string of the molecule is CCc1cccc(C(=N)N)c1O. The second kappa shape index (κ2) is 3.26. The highest BCUT2D eigenvalue weighted by molar-refractivity contribution is 5.97. The van der Waals surface area contributed by atoms with Crippen molar-refractivity contribution in [2.75, 3.05) is 0 Å². The molecular weight excluding hydrogens is 152 g/mol. The molecule has 0 atom stereocenters. The van der Waals surface area contributed by atoms with Gasteiger partial charge in [0.25, 0.3) is 0 Å². The van der Waals surface area contributed by atoms with Crippen molar-refractivity contribution in [1.82, 2.24) is 0 Å². The molecule has 0 spiro atoms. The topological polar surface area (TPSA) is 70.1 Å². The molecule has 0 unspecified atom stereocenters. The molecule has 0 heterocycles. The van der Waals surface area contributed by atoms with Gasteiger partial charge in [-0.05, 0) is 18.1 Å². The van der Waals surface area contributed by atoms with E-state index in [0.717, 1.165) is 12.0 Å². The van der Waals surface area contributed by atoms with Gasteiger partial charge in [0.2, 0.25) is 0 Å². The maximum atomic E-state index is 9.54. The summed E-state index contributed by atoms with van der Waals surface area (Å²) in [5.74, 6) is 0.0373. The summed E-state index contributed by atoms with van der Waals surface area (Å²) in [5.41, 5.74) is 6.49. The lowest BCUT2D eigenvalue weighted by atomic mass is 10.1. The third kappa shape index (κ3) is 1.39. The molecule has 4 N–H and O–H groups in total. The van der Waals surface area contributed by atoms with Crippen molar-refractivity contribution in [1.29, 1.82) is 5.41 Å². The molecule has 12 heavy (non-hydrogen) atoms. The summed E-state index contributed by atoms with van der Waals surface area (Å²) >= 11 is 0. The van der Waals surface area contributed by atoms with E-state index in [4.69, 9.17) is 11.1 Å². The predicted molar refractivity (Wildman–Crippen MR) is 48.5 cm³/mol. The first-order chi connectivity index (χ1) is 5.66. The maximum Gasteiger partial charge on any atom is 0.129 e. The van der Waals surface area contributed by atoms with Crippen molar-refractivity contribution in [3.05, 3.63) is 29.3 Å². The van der Waals surface area contributed by atoms with Gasteiger partial charge < -0.3 is 10.8 Å². The molecule has 0 saturated carbocycles. The van der Waals surface area contributed by atoms with Crippen LogP contribution in [0.4, 0.5) is 0 Å². The average Bonchev–Trinajstić information content (AvgIpc) is 2.04. The number of phenolic OH excluding ortho intramolecular Hbond substituents is 1. The number of nitrogens with two attached hydrogens (primary N) is 1. The van der Waals surface area contributed by atoms with E-state index in [1.807, 2.05) is 13.0 Å². The molecule has 3 heteroatoms. The van der Waals surface area contributed by atoms with E-state index < -0.39 is 0 Å². The van der Waals surface area contributed by atoms with Gasteiger partial charge in [-0.15, -0.1) is 0 Å². The Balaban J connectivity index is 3.23. The number of hydrogen-bond donors (Lipinski definition) is 3. The van der Waals surface area contributed by atoms with Crippen LogP contribution in [0.15, 0.2) is 18.2 Å². The molecule has 0 fully saturated rings. The second-order valence-corrected chi connectivity index (χ2v) is 2.58. The summed E-state index contributed by atoms with van der Waals surface area (Å²) < 4.78 is 0. The summed E-state index contributed by atoms with van der Waals surface area (Å²) in [4.78, 5) is 0. The second-order valence-electron chi connectivity index (χ2n) is 2.58. The smallest absolute Gasteiger partial charge is 0.129 e. The minimum absolute atomic E-state index is 0.0946. The Bertz CT molecular complexity index is 307. The van der Waals surface area contributed by atoms with Crippen molar-refractivity contribution in [2.24, 2.45) is 5.73 Å². The van der Waals surface area contributed by atoms with Gasteiger partial charge in [0, 0.05) is 0 Å². The van der Waals surface area contributed by atoms with E-state index >= 15 is 0 Å². The van der Waals surface area contributed by atoms with Crippen molar-refractivity contribution in [3.63, 3.8) is 0 Å². The maximum absolute atomic E-state index is 9.54. The standard InChI is InChI=1S/C9H12N2O/c1-2-6-4-3-5-7(8(6)12)9(10)11/h3-5,12H,2H2,1H3,(H3,10,11). The highest BCUT2D eigenvalue weighted by atomic mass is 16.3. The number of rotatable bonds is 2. The molecule has 0 aliphatic carbocycles. The summed E-state index contributed by atoms with van der Waals surface area (Å²) in [5, 5.41) is 16.7. The highest BCUT2D eigenvalue weighted by Gasteiger charge is 2.06. The van der Waals surface area contributed by atoms with E-state index in [2.05, 4.69) is 0 Å². The van der Waals surface area contributed by atoms with Gasteiger partial charge in [-0.2, -0.15) is 0 Å². The van der Waals surface area contributed by atoms with Gasteiger partial charge in [0.15, 0.2) is 0 Å². The molecule has 0 amide bonds. The number of amidine groups is 1. The number of aromatic hydroxyl groups is 1. The zero-order valence-electron chi connectivity index (χ0n) is 6.96. The Morgan fingerprint density at radius 3 is 2.75 bits per heavy atom. The zero-order valence-corrected chi connectivity index (χ0v) is 6.96. The van der Waals surface area contributed by atoms with Crippen LogP contribution in [0.5, 0.6) is 5.75 Å². The molecule has 0 aliphatic rings. The van der Waals surface area contributed by atoms with E-state index in [1.165, 1.54) is 0 Å². The lowest BCUT2D eigenvalue weighted by Gasteiger charge is -2.05. The minimum atomic E-state index is -0.0946. The summed E-state index contributed by atoms with van der Waals surface area (Å²) in [6, 6.07) is 5.24. The third-order valence-electron chi connectivity index (χ3n) is 1.79. The number of nitrogen functional groups attached to an aromatic ring is 1. The van der Waals surface area contributed by atoms with Crippen LogP contribution in [0.25, 0.3) is 0 Å². The Labute approximate surface area is 71.3 Å². The van der Waals surface area contributed by atoms with Crippen LogP contribution in [0.3, 0.4) is 0 Å². The molecule has 0 aromatic heterocycles. The molecular formula is C9H12N2O. The summed E-state index contributed by atoms with van der Waals surface area (Å²) in [6.45, 7) is 1.94. The van der Waals surface area contributed by atoms with Gasteiger partial charge in [-0.3, -0.25) is 5.41 Å². The highest BCUT2D eigenvalue weighted by Crippen LogP contribution is 2.21. The lowest BCUT2D eigenvalue weighted by Crippen LogP contribution is -2.11. The van der Waals surface area contributed by atoms with Gasteiger partial charge in [0.1, 0.15) is 11.6 Å². The number of nitrogens with one attached hydrogen (secondary N) is 1. The van der Waals surface area contributed by atoms with Gasteiger partial charge >= 0.3 is 0 Å². The van der Waals surface area contributed by atoms with Crippen LogP contribution in [-0.2, 0) is 6.42 Å². The first kappa shape index (κ1) is 8.59. The third-order valence-corrected chi connectivity index (χ3v) is 1.79. The molecule has 0 aliphatic heterocycles. The van der Waals surface area contributed by atoms with Crippen molar-refractivity contribution >= 4 is 5.84 Å². The van der Waals surface area contributed by atoms with E-state index in [9.17, 15) is 5.11 Å². The molecule has 3 nitrogen and oxygen atoms in total. The van der Waals surface area contributed by atoms with E-state index in [0.29, 0.717) is 5.56 Å². The monoisotopic (exact) mass is 164 g/mol. The molecule has 1 rings (SSSR count). The quantitative estimate of drug-likeness (QED) is 0.454. The molecule has 64 valence electrons. The van der Waals surface area contributed by atoms with Crippen LogP contribution >= 0.6 is 0 Å². The van der Waals surface area contributed by atoms with Gasteiger partial charge in [-0.1, -0.05) is 19.1 Å². The number of benzene rings is 1. The zero-order chi connectivity index (χ0) is 9.14. The molecule has 1 aromatic carbocycles. The van der Waals surface area contributed by atoms with Crippen LogP contribution in [0.1, 0.15) is 18.1 Å². The molecule has 1 aromatic rings. The fourth-order valence-electron chi connectivity index (χ4n) is 1.09. The van der Waals surface area contributed by atoms with Gasteiger partial charge in [-0.25, -0.2) is 0 Å². The summed E-state index contributed by atoms with van der Waals surface area (Å²) in [7, 11) is 0. The molecule has 0 saturated heterocycles. The number of aryl methyl sites for hydroxylation is 1. The average molecular weight is 164 g/mol. The van der Waals surface area contributed by atoms with Crippen LogP contribution in [0.2, 0.25) is 0 Å². The Hall–Kier alpha value is -1.51. The number of phenols is 1. The lowest BCUT2D eigenvalue weighted by molar-refractivity contribution is 0.467.